The number of hydrogen-bond donors (Lipinski definition) is 2. The van der Waals surface area contributed by atoms with Crippen molar-refractivity contribution in [2.24, 2.45) is 0 Å². The molecule has 1 aromatic rings. The minimum atomic E-state index is -1.19. The first-order valence-electron chi connectivity index (χ1n) is 7.82. The second kappa shape index (κ2) is 8.43. The van der Waals surface area contributed by atoms with Crippen LogP contribution in [0.4, 0.5) is 4.79 Å². The van der Waals surface area contributed by atoms with Crippen LogP contribution in [0.1, 0.15) is 31.8 Å². The summed E-state index contributed by atoms with van der Waals surface area (Å²) < 4.78 is 11.2. The van der Waals surface area contributed by atoms with Crippen molar-refractivity contribution in [1.82, 2.24) is 15.2 Å². The number of carboxylic acid groups (broad SMARTS) is 1. The number of nitrogens with one attached hydrogen (secondary N) is 1. The molecule has 2 atom stereocenters. The van der Waals surface area contributed by atoms with Crippen LogP contribution in [0.3, 0.4) is 0 Å². The molecule has 0 spiro atoms. The number of carbonyl (C=O) groups is 2. The number of alkyl carbamates (subject to hydrolysis) is 1. The topological polar surface area (TPSA) is 101 Å². The van der Waals surface area contributed by atoms with E-state index in [0.717, 1.165) is 0 Å². The number of carbonyl (C=O) groups excluding carboxylic acids is 1. The van der Waals surface area contributed by atoms with Crippen molar-refractivity contribution in [3.8, 4) is 0 Å². The lowest BCUT2D eigenvalue weighted by Gasteiger charge is -2.36. The van der Waals surface area contributed by atoms with E-state index in [1.807, 2.05) is 4.90 Å². The molecule has 1 aliphatic heterocycles. The Bertz CT molecular complexity index is 613. The molecule has 140 valence electrons. The van der Waals surface area contributed by atoms with Gasteiger partial charge < -0.3 is 19.9 Å². The first-order valence-corrected chi connectivity index (χ1v) is 9.49. The number of thiazole rings is 1. The Morgan fingerprint density at radius 3 is 2.56 bits per heavy atom. The molecule has 1 amide bonds. The van der Waals surface area contributed by atoms with Gasteiger partial charge in [-0.05, 0) is 36.7 Å². The van der Waals surface area contributed by atoms with E-state index in [2.05, 4.69) is 26.2 Å². The van der Waals surface area contributed by atoms with Gasteiger partial charge in [-0.25, -0.2) is 14.6 Å². The van der Waals surface area contributed by atoms with Gasteiger partial charge in [0.2, 0.25) is 0 Å². The molecular weight excluding hydrogens is 414 g/mol. The van der Waals surface area contributed by atoms with Gasteiger partial charge in [0.1, 0.15) is 15.2 Å². The third-order valence-electron chi connectivity index (χ3n) is 3.44. The van der Waals surface area contributed by atoms with Crippen molar-refractivity contribution >= 4 is 39.3 Å². The number of ether oxygens (including phenoxy) is 2. The average Bonchev–Trinajstić information content (AvgIpc) is 2.92. The molecule has 0 aliphatic carbocycles. The average molecular weight is 436 g/mol. The van der Waals surface area contributed by atoms with E-state index in [9.17, 15) is 14.7 Å². The number of nitrogens with zero attached hydrogens (tertiary/aromatic N) is 2. The molecule has 8 nitrogen and oxygen atoms in total. The second-order valence-electron chi connectivity index (χ2n) is 6.56. The SMILES string of the molecule is CC(C)(C)OC(=O)N[C@H](C(=O)O)[C@@H](c1nc(Br)cs1)N1CCOCC1. The molecule has 1 fully saturated rings. The molecule has 1 aliphatic rings. The van der Waals surface area contributed by atoms with Gasteiger partial charge in [-0.2, -0.15) is 0 Å². The Morgan fingerprint density at radius 1 is 1.44 bits per heavy atom. The predicted octanol–water partition coefficient (Wildman–Crippen LogP) is 2.26. The zero-order valence-electron chi connectivity index (χ0n) is 14.3. The summed E-state index contributed by atoms with van der Waals surface area (Å²) in [7, 11) is 0. The first kappa shape index (κ1) is 20.1. The molecule has 0 aromatic carbocycles. The molecule has 2 N–H and O–H groups in total. The summed E-state index contributed by atoms with van der Waals surface area (Å²) in [5, 5.41) is 14.6. The highest BCUT2D eigenvalue weighted by Crippen LogP contribution is 2.30. The number of aliphatic carboxylic acids is 1. The number of rotatable bonds is 5. The third kappa shape index (κ3) is 5.91. The fraction of sp³-hybridized carbons (Fsp3) is 0.667. The Labute approximate surface area is 158 Å². The van der Waals surface area contributed by atoms with Gasteiger partial charge in [0.15, 0.2) is 6.04 Å². The lowest BCUT2D eigenvalue weighted by atomic mass is 10.1. The van der Waals surface area contributed by atoms with Crippen LogP contribution >= 0.6 is 27.3 Å². The van der Waals surface area contributed by atoms with Crippen LogP contribution in [0.5, 0.6) is 0 Å². The molecule has 0 radical (unpaired) electrons. The van der Waals surface area contributed by atoms with Gasteiger partial charge in [0, 0.05) is 18.5 Å². The monoisotopic (exact) mass is 435 g/mol. The highest BCUT2D eigenvalue weighted by molar-refractivity contribution is 9.10. The van der Waals surface area contributed by atoms with E-state index in [1.165, 1.54) is 11.3 Å². The largest absolute Gasteiger partial charge is 0.480 e. The van der Waals surface area contributed by atoms with Crippen LogP contribution in [0.2, 0.25) is 0 Å². The minimum absolute atomic E-state index is 0.502. The molecular formula is C15H22BrN3O5S. The maximum Gasteiger partial charge on any atom is 0.408 e. The van der Waals surface area contributed by atoms with Gasteiger partial charge in [-0.15, -0.1) is 11.3 Å². The highest BCUT2D eigenvalue weighted by atomic mass is 79.9. The molecule has 10 heteroatoms. The molecule has 0 bridgehead atoms. The Hall–Kier alpha value is -1.23. The Balaban J connectivity index is 2.27. The highest BCUT2D eigenvalue weighted by Gasteiger charge is 2.38. The predicted molar refractivity (Wildman–Crippen MR) is 95.7 cm³/mol. The molecule has 0 unspecified atom stereocenters. The van der Waals surface area contributed by atoms with Crippen molar-refractivity contribution in [3.63, 3.8) is 0 Å². The van der Waals surface area contributed by atoms with Crippen LogP contribution in [-0.2, 0) is 14.3 Å². The van der Waals surface area contributed by atoms with Crippen LogP contribution in [0.15, 0.2) is 9.98 Å². The first-order chi connectivity index (χ1) is 11.7. The zero-order valence-corrected chi connectivity index (χ0v) is 16.7. The number of halogens is 1. The summed E-state index contributed by atoms with van der Waals surface area (Å²) in [4.78, 5) is 30.4. The lowest BCUT2D eigenvalue weighted by Crippen LogP contribution is -2.53. The summed E-state index contributed by atoms with van der Waals surface area (Å²) in [5.74, 6) is -1.14. The van der Waals surface area contributed by atoms with E-state index in [0.29, 0.717) is 35.9 Å². The van der Waals surface area contributed by atoms with Crippen LogP contribution in [0, 0.1) is 0 Å². The quantitative estimate of drug-likeness (QED) is 0.730. The summed E-state index contributed by atoms with van der Waals surface area (Å²) in [5.41, 5.74) is -0.716. The number of morpholine rings is 1. The molecule has 1 aromatic heterocycles. The van der Waals surface area contributed by atoms with Crippen molar-refractivity contribution in [3.05, 3.63) is 15.0 Å². The maximum absolute atomic E-state index is 12.1. The molecule has 2 heterocycles. The van der Waals surface area contributed by atoms with Gasteiger partial charge in [-0.1, -0.05) is 0 Å². The summed E-state index contributed by atoms with van der Waals surface area (Å²) in [6.45, 7) is 7.28. The van der Waals surface area contributed by atoms with E-state index in [4.69, 9.17) is 9.47 Å². The van der Waals surface area contributed by atoms with E-state index >= 15 is 0 Å². The van der Waals surface area contributed by atoms with Crippen molar-refractivity contribution in [2.45, 2.75) is 38.5 Å². The van der Waals surface area contributed by atoms with E-state index < -0.39 is 29.7 Å². The van der Waals surface area contributed by atoms with Crippen molar-refractivity contribution < 1.29 is 24.2 Å². The fourth-order valence-corrected chi connectivity index (χ4v) is 3.91. The smallest absolute Gasteiger partial charge is 0.408 e. The van der Waals surface area contributed by atoms with Crippen LogP contribution < -0.4 is 5.32 Å². The number of aromatic nitrogens is 1. The van der Waals surface area contributed by atoms with E-state index in [-0.39, 0.29) is 0 Å². The summed E-state index contributed by atoms with van der Waals surface area (Å²) in [6, 6.07) is -1.80. The lowest BCUT2D eigenvalue weighted by molar-refractivity contribution is -0.142. The summed E-state index contributed by atoms with van der Waals surface area (Å²) >= 11 is 4.64. The van der Waals surface area contributed by atoms with Gasteiger partial charge in [0.25, 0.3) is 0 Å². The number of carboxylic acids is 1. The molecule has 2 rings (SSSR count). The molecule has 1 saturated heterocycles. The zero-order chi connectivity index (χ0) is 18.6. The minimum Gasteiger partial charge on any atom is -0.480 e. The number of amides is 1. The third-order valence-corrected chi connectivity index (χ3v) is 5.06. The Kier molecular flexibility index (Phi) is 6.78. The van der Waals surface area contributed by atoms with Crippen LogP contribution in [0.25, 0.3) is 0 Å². The normalized spacial score (nSPS) is 18.4. The molecule has 0 saturated carbocycles. The van der Waals surface area contributed by atoms with Gasteiger partial charge >= 0.3 is 12.1 Å². The summed E-state index contributed by atoms with van der Waals surface area (Å²) in [6.07, 6.45) is -0.770. The van der Waals surface area contributed by atoms with Crippen LogP contribution in [-0.4, -0.2) is 65.0 Å². The van der Waals surface area contributed by atoms with Gasteiger partial charge in [0.05, 0.1) is 19.3 Å². The maximum atomic E-state index is 12.1. The second-order valence-corrected chi connectivity index (χ2v) is 8.27. The Morgan fingerprint density at radius 2 is 2.08 bits per heavy atom. The van der Waals surface area contributed by atoms with Crippen molar-refractivity contribution in [2.75, 3.05) is 26.3 Å². The molecule has 25 heavy (non-hydrogen) atoms. The standard InChI is InChI=1S/C15H22BrN3O5S/c1-15(2,3)24-14(22)18-10(13(20)21)11(12-17-9(16)8-25-12)19-4-6-23-7-5-19/h8,10-11H,4-7H2,1-3H3,(H,18,22)(H,20,21)/t10-,11-/m0/s1. The number of hydrogen-bond acceptors (Lipinski definition) is 7. The van der Waals surface area contributed by atoms with Gasteiger partial charge in [-0.3, -0.25) is 4.90 Å². The van der Waals surface area contributed by atoms with E-state index in [1.54, 1.807) is 26.2 Å². The fourth-order valence-electron chi connectivity index (χ4n) is 2.48. The van der Waals surface area contributed by atoms with Crippen molar-refractivity contribution in [1.29, 1.82) is 0 Å².